The predicted octanol–water partition coefficient (Wildman–Crippen LogP) is 3.94. The maximum absolute atomic E-state index is 9.12. The van der Waals surface area contributed by atoms with Crippen LogP contribution in [0.1, 0.15) is 84.0 Å². The minimum Gasteiger partial charge on any atom is -0.396 e. The molecule has 4 N–H and O–H groups in total. The average Bonchev–Trinajstić information content (AvgIpc) is 2.71. The fraction of sp³-hybridized carbons (Fsp3) is 0.864. The molecule has 0 spiro atoms. The first kappa shape index (κ1) is 28.2. The largest absolute Gasteiger partial charge is 0.396 e. The van der Waals surface area contributed by atoms with Crippen molar-refractivity contribution in [1.29, 1.82) is 0 Å². The molecule has 0 amide bonds. The highest BCUT2D eigenvalue weighted by Crippen LogP contribution is 2.11. The normalized spacial score (nSPS) is 15.1. The van der Waals surface area contributed by atoms with Gasteiger partial charge in [-0.1, -0.05) is 64.7 Å². The Hall–Kier alpha value is -0.790. The van der Waals surface area contributed by atoms with Gasteiger partial charge in [-0.05, 0) is 25.3 Å². The van der Waals surface area contributed by atoms with Gasteiger partial charge in [0.1, 0.15) is 5.82 Å². The number of guanidine groups is 1. The van der Waals surface area contributed by atoms with Crippen molar-refractivity contribution in [2.75, 3.05) is 39.4 Å². The standard InChI is InChI=1S/C22H44N4O2.BrH/c1-2-3-4-5-6-7-8-9-10-11-15-24-22-25-21(23-16-12-19-27)14-18-26(22)17-13-20-28;/h14,23,27-28H,2-13,15-20H2,1H3,(H,24,25);1H. The number of unbranched alkanes of at least 4 members (excludes halogenated alkanes) is 9. The molecule has 172 valence electrons. The molecule has 6 nitrogen and oxygen atoms in total. The molecule has 0 fully saturated rings. The number of hydrogen-bond acceptors (Lipinski definition) is 4. The second kappa shape index (κ2) is 20.5. The summed E-state index contributed by atoms with van der Waals surface area (Å²) in [4.78, 5) is 6.97. The molecule has 0 aliphatic carbocycles. The van der Waals surface area contributed by atoms with Crippen LogP contribution in [0.3, 0.4) is 0 Å². The maximum atomic E-state index is 9.12. The van der Waals surface area contributed by atoms with Gasteiger partial charge in [0.2, 0.25) is 0 Å². The van der Waals surface area contributed by atoms with Gasteiger partial charge in [-0.2, -0.15) is 0 Å². The van der Waals surface area contributed by atoms with Gasteiger partial charge in [0.05, 0.1) is 0 Å². The van der Waals surface area contributed by atoms with E-state index < -0.39 is 0 Å². The number of rotatable bonds is 18. The number of aliphatic hydroxyl groups excluding tert-OH is 2. The number of hydrogen-bond donors (Lipinski definition) is 4. The smallest absolute Gasteiger partial charge is 0.199 e. The molecule has 0 saturated carbocycles. The van der Waals surface area contributed by atoms with Gasteiger partial charge in [-0.15, -0.1) is 17.0 Å². The topological polar surface area (TPSA) is 80.1 Å². The first-order valence-electron chi connectivity index (χ1n) is 11.5. The van der Waals surface area contributed by atoms with Crippen molar-refractivity contribution in [1.82, 2.24) is 15.5 Å². The molecule has 1 rings (SSSR count). The summed E-state index contributed by atoms with van der Waals surface area (Å²) in [7, 11) is 0. The van der Waals surface area contributed by atoms with Crippen molar-refractivity contribution in [2.24, 2.45) is 4.99 Å². The second-order valence-electron chi connectivity index (χ2n) is 7.66. The van der Waals surface area contributed by atoms with Crippen LogP contribution in [0.5, 0.6) is 0 Å². The Morgan fingerprint density at radius 3 is 2.17 bits per heavy atom. The van der Waals surface area contributed by atoms with Gasteiger partial charge >= 0.3 is 0 Å². The SMILES string of the molecule is Br.CCCCCCCCCCCCN=C1NC(NCCCO)=CCN1CCCO. The lowest BCUT2D eigenvalue weighted by Gasteiger charge is -2.31. The van der Waals surface area contributed by atoms with E-state index in [-0.39, 0.29) is 30.2 Å². The van der Waals surface area contributed by atoms with Crippen molar-refractivity contribution in [3.8, 4) is 0 Å². The number of nitrogens with zero attached hydrogens (tertiary/aromatic N) is 2. The Labute approximate surface area is 189 Å². The highest BCUT2D eigenvalue weighted by Gasteiger charge is 2.16. The molecule has 1 aliphatic rings. The lowest BCUT2D eigenvalue weighted by Crippen LogP contribution is -2.48. The molecule has 0 unspecified atom stereocenters. The summed E-state index contributed by atoms with van der Waals surface area (Å²) in [6.45, 7) is 5.86. The van der Waals surface area contributed by atoms with E-state index in [1.54, 1.807) is 0 Å². The molecule has 0 saturated heterocycles. The predicted molar refractivity (Wildman–Crippen MR) is 129 cm³/mol. The zero-order valence-corrected chi connectivity index (χ0v) is 20.2. The van der Waals surface area contributed by atoms with Gasteiger partial charge in [0.25, 0.3) is 0 Å². The van der Waals surface area contributed by atoms with E-state index in [2.05, 4.69) is 28.5 Å². The molecular formula is C22H45BrN4O2. The first-order chi connectivity index (χ1) is 13.8. The van der Waals surface area contributed by atoms with Crippen molar-refractivity contribution in [2.45, 2.75) is 84.0 Å². The lowest BCUT2D eigenvalue weighted by molar-refractivity contribution is 0.268. The number of aliphatic hydroxyl groups is 2. The van der Waals surface area contributed by atoms with Crippen LogP contribution in [0, 0.1) is 0 Å². The summed E-state index contributed by atoms with van der Waals surface area (Å²) in [5.41, 5.74) is 0. The van der Waals surface area contributed by atoms with Crippen LogP contribution in [-0.4, -0.2) is 60.5 Å². The van der Waals surface area contributed by atoms with Crippen molar-refractivity contribution in [3.05, 3.63) is 11.9 Å². The minimum atomic E-state index is 0. The van der Waals surface area contributed by atoms with Crippen LogP contribution in [0.2, 0.25) is 0 Å². The summed E-state index contributed by atoms with van der Waals surface area (Å²) in [5, 5.41) is 24.7. The molecule has 0 aromatic rings. The van der Waals surface area contributed by atoms with Gasteiger partial charge in [-0.25, -0.2) is 0 Å². The number of nitrogens with one attached hydrogen (secondary N) is 2. The fourth-order valence-corrected chi connectivity index (χ4v) is 3.34. The fourth-order valence-electron chi connectivity index (χ4n) is 3.34. The first-order valence-corrected chi connectivity index (χ1v) is 11.5. The summed E-state index contributed by atoms with van der Waals surface area (Å²) in [6.07, 6.45) is 16.9. The Morgan fingerprint density at radius 2 is 1.55 bits per heavy atom. The van der Waals surface area contributed by atoms with Gasteiger partial charge in [0, 0.05) is 39.4 Å². The van der Waals surface area contributed by atoms with Crippen LogP contribution in [0.4, 0.5) is 0 Å². The molecule has 0 bridgehead atoms. The van der Waals surface area contributed by atoms with E-state index in [4.69, 9.17) is 15.2 Å². The molecule has 0 radical (unpaired) electrons. The lowest BCUT2D eigenvalue weighted by atomic mass is 10.1. The third kappa shape index (κ3) is 14.8. The van der Waals surface area contributed by atoms with Gasteiger partial charge in [-0.3, -0.25) is 4.99 Å². The third-order valence-corrected chi connectivity index (χ3v) is 5.07. The Bertz CT molecular complexity index is 433. The molecule has 0 aromatic heterocycles. The summed E-state index contributed by atoms with van der Waals surface area (Å²) in [5.74, 6) is 1.87. The minimum absolute atomic E-state index is 0. The molecule has 1 heterocycles. The van der Waals surface area contributed by atoms with E-state index in [0.717, 1.165) is 57.2 Å². The summed E-state index contributed by atoms with van der Waals surface area (Å²) < 4.78 is 0. The van der Waals surface area contributed by atoms with E-state index >= 15 is 0 Å². The van der Waals surface area contributed by atoms with Crippen LogP contribution in [-0.2, 0) is 0 Å². The quantitative estimate of drug-likeness (QED) is 0.225. The Kier molecular flexibility index (Phi) is 19.9. The molecule has 7 heteroatoms. The molecular weight excluding hydrogens is 432 g/mol. The highest BCUT2D eigenvalue weighted by molar-refractivity contribution is 8.93. The second-order valence-corrected chi connectivity index (χ2v) is 7.66. The van der Waals surface area contributed by atoms with Crippen molar-refractivity contribution >= 4 is 22.9 Å². The zero-order chi connectivity index (χ0) is 20.3. The third-order valence-electron chi connectivity index (χ3n) is 5.07. The molecule has 1 aliphatic heterocycles. The number of aliphatic imine (C=N–C) groups is 1. The summed E-state index contributed by atoms with van der Waals surface area (Å²) >= 11 is 0. The average molecular weight is 478 g/mol. The van der Waals surface area contributed by atoms with E-state index in [0.29, 0.717) is 0 Å². The van der Waals surface area contributed by atoms with Crippen molar-refractivity contribution < 1.29 is 10.2 Å². The Morgan fingerprint density at radius 1 is 0.931 bits per heavy atom. The number of halogens is 1. The van der Waals surface area contributed by atoms with Crippen LogP contribution < -0.4 is 10.6 Å². The van der Waals surface area contributed by atoms with Crippen LogP contribution >= 0.6 is 17.0 Å². The van der Waals surface area contributed by atoms with E-state index in [1.807, 2.05) is 0 Å². The molecule has 29 heavy (non-hydrogen) atoms. The monoisotopic (exact) mass is 476 g/mol. The van der Waals surface area contributed by atoms with E-state index in [9.17, 15) is 0 Å². The van der Waals surface area contributed by atoms with Gasteiger partial charge in [0.15, 0.2) is 5.96 Å². The molecule has 0 atom stereocenters. The van der Waals surface area contributed by atoms with Gasteiger partial charge < -0.3 is 25.7 Å². The molecule has 0 aromatic carbocycles. The van der Waals surface area contributed by atoms with E-state index in [1.165, 1.54) is 57.8 Å². The van der Waals surface area contributed by atoms with Crippen LogP contribution in [0.15, 0.2) is 16.9 Å². The Balaban J connectivity index is 0.00000784. The maximum Gasteiger partial charge on any atom is 0.199 e. The zero-order valence-electron chi connectivity index (χ0n) is 18.5. The van der Waals surface area contributed by atoms with Crippen LogP contribution in [0.25, 0.3) is 0 Å². The summed E-state index contributed by atoms with van der Waals surface area (Å²) in [6, 6.07) is 0. The highest BCUT2D eigenvalue weighted by atomic mass is 79.9. The van der Waals surface area contributed by atoms with Crippen molar-refractivity contribution in [3.63, 3.8) is 0 Å².